The Bertz CT molecular complexity index is 1720. The van der Waals surface area contributed by atoms with Gasteiger partial charge in [0.15, 0.2) is 6.61 Å². The summed E-state index contributed by atoms with van der Waals surface area (Å²) in [4.78, 5) is 46.9. The van der Waals surface area contributed by atoms with Gasteiger partial charge in [-0.25, -0.2) is 4.79 Å². The van der Waals surface area contributed by atoms with E-state index in [-0.39, 0.29) is 29.8 Å². The van der Waals surface area contributed by atoms with Crippen molar-refractivity contribution >= 4 is 34.4 Å². The predicted molar refractivity (Wildman–Crippen MR) is 187 cm³/mol. The minimum atomic E-state index is -1.17. The number of para-hydroxylation sites is 1. The maximum Gasteiger partial charge on any atom is 0.326 e. The highest BCUT2D eigenvalue weighted by Gasteiger charge is 2.63. The maximum atomic E-state index is 13.2. The molecule has 3 saturated carbocycles. The van der Waals surface area contributed by atoms with Crippen molar-refractivity contribution in [1.29, 1.82) is 0 Å². The Balaban J connectivity index is 1.04. The number of benzene rings is 1. The summed E-state index contributed by atoms with van der Waals surface area (Å²) in [5.41, 5.74) is 2.70. The molecule has 1 aromatic carbocycles. The number of hydrogen-bond donors (Lipinski definition) is 5. The fourth-order valence-electron chi connectivity index (χ4n) is 9.80. The van der Waals surface area contributed by atoms with Crippen molar-refractivity contribution in [3.05, 3.63) is 47.7 Å². The second kappa shape index (κ2) is 13.3. The van der Waals surface area contributed by atoms with E-state index in [1.165, 1.54) is 5.57 Å². The molecule has 10 nitrogen and oxygen atoms in total. The fourth-order valence-corrected chi connectivity index (χ4v) is 9.80. The Morgan fingerprint density at radius 1 is 1.08 bits per heavy atom. The summed E-state index contributed by atoms with van der Waals surface area (Å²) in [6, 6.07) is 5.45. The van der Waals surface area contributed by atoms with Crippen molar-refractivity contribution in [2.45, 2.75) is 103 Å². The lowest BCUT2D eigenvalue weighted by Crippen LogP contribution is -2.54. The zero-order valence-corrected chi connectivity index (χ0v) is 29.1. The van der Waals surface area contributed by atoms with E-state index in [4.69, 9.17) is 11.3 Å². The molecular weight excluding hydrogens is 620 g/mol. The second-order valence-corrected chi connectivity index (χ2v) is 15.6. The van der Waals surface area contributed by atoms with Gasteiger partial charge in [0.05, 0.1) is 5.71 Å². The predicted octanol–water partition coefficient (Wildman–Crippen LogP) is 5.12. The molecule has 4 aliphatic carbocycles. The minimum absolute atomic E-state index is 0.0668. The van der Waals surface area contributed by atoms with Crippen LogP contribution in [0.15, 0.2) is 47.3 Å². The standard InChI is InChI=1S/C39H50N4O6/c1-6-39(48)18-15-30-28-12-11-25-20-26(13-16-37(25,4)29(28)14-17-38(30,39)5)43-49-22-33(44)42-34(23(2)3)35(45)41-32(36(46)47)19-24-21-40-31-10-8-7-9-27(24)31/h1,7-10,20-21,23,28-30,32,34,40,48H,11-19,22H2,2-5H3,(H,41,45)(H,42,44)(H,46,47)/t28?,29?,30?,32?,34?,37-,38-,39+/m0/s1. The summed E-state index contributed by atoms with van der Waals surface area (Å²) < 4.78 is 0. The molecule has 0 aliphatic heterocycles. The van der Waals surface area contributed by atoms with Crippen molar-refractivity contribution in [1.82, 2.24) is 15.6 Å². The smallest absolute Gasteiger partial charge is 0.326 e. The number of carboxylic acids is 1. The number of amides is 2. The number of aliphatic hydroxyl groups is 1. The van der Waals surface area contributed by atoms with Gasteiger partial charge in [-0.2, -0.15) is 0 Å². The lowest BCUT2D eigenvalue weighted by atomic mass is 9.46. The maximum absolute atomic E-state index is 13.2. The quantitative estimate of drug-likeness (QED) is 0.175. The number of carboxylic acid groups (broad SMARTS) is 1. The van der Waals surface area contributed by atoms with Crippen LogP contribution in [0, 0.1) is 46.8 Å². The van der Waals surface area contributed by atoms with E-state index in [1.54, 1.807) is 20.0 Å². The SMILES string of the molecule is C#C[C@@]1(O)CCC2C3CCC4=CC(=NOCC(=O)NC(C(=O)NC(Cc5c[nH]c6ccccc56)C(=O)O)C(C)C)CC[C@]4(C)C3CC[C@@]21C. The van der Waals surface area contributed by atoms with E-state index < -0.39 is 35.5 Å². The number of nitrogens with zero attached hydrogens (tertiary/aromatic N) is 1. The molecular formula is C39H50N4O6. The molecule has 5 unspecified atom stereocenters. The van der Waals surface area contributed by atoms with Gasteiger partial charge in [0.25, 0.3) is 5.91 Å². The molecule has 5 N–H and O–H groups in total. The molecule has 4 aliphatic rings. The van der Waals surface area contributed by atoms with Gasteiger partial charge in [-0.3, -0.25) is 9.59 Å². The number of carbonyl (C=O) groups excluding carboxylic acids is 2. The van der Waals surface area contributed by atoms with Crippen LogP contribution in [0.1, 0.15) is 84.6 Å². The van der Waals surface area contributed by atoms with Gasteiger partial charge < -0.3 is 30.7 Å². The van der Waals surface area contributed by atoms with Crippen molar-refractivity contribution in [3.63, 3.8) is 0 Å². The topological polar surface area (TPSA) is 153 Å². The van der Waals surface area contributed by atoms with Gasteiger partial charge in [-0.1, -0.05) is 62.5 Å². The fraction of sp³-hybridized carbons (Fsp3) is 0.590. The molecule has 0 spiro atoms. The van der Waals surface area contributed by atoms with Gasteiger partial charge in [0, 0.05) is 28.9 Å². The molecule has 262 valence electrons. The van der Waals surface area contributed by atoms with Crippen LogP contribution in [0.25, 0.3) is 10.9 Å². The number of carbonyl (C=O) groups is 3. The second-order valence-electron chi connectivity index (χ2n) is 15.6. The minimum Gasteiger partial charge on any atom is -0.480 e. The Labute approximate surface area is 288 Å². The first-order valence-corrected chi connectivity index (χ1v) is 17.8. The van der Waals surface area contributed by atoms with Gasteiger partial charge in [-0.15, -0.1) is 6.42 Å². The van der Waals surface area contributed by atoms with Crippen molar-refractivity contribution in [3.8, 4) is 12.3 Å². The van der Waals surface area contributed by atoms with Crippen LogP contribution in [0.3, 0.4) is 0 Å². The van der Waals surface area contributed by atoms with Gasteiger partial charge >= 0.3 is 5.97 Å². The van der Waals surface area contributed by atoms with Crippen LogP contribution in [0.5, 0.6) is 0 Å². The summed E-state index contributed by atoms with van der Waals surface area (Å²) in [7, 11) is 0. The molecule has 2 aromatic rings. The molecule has 0 bridgehead atoms. The third-order valence-corrected chi connectivity index (χ3v) is 12.7. The van der Waals surface area contributed by atoms with Crippen molar-refractivity contribution in [2.24, 2.45) is 39.7 Å². The van der Waals surface area contributed by atoms with E-state index in [2.05, 4.69) is 46.6 Å². The van der Waals surface area contributed by atoms with E-state index in [0.29, 0.717) is 24.2 Å². The Morgan fingerprint density at radius 3 is 2.57 bits per heavy atom. The summed E-state index contributed by atoms with van der Waals surface area (Å²) in [6.45, 7) is 7.81. The third-order valence-electron chi connectivity index (χ3n) is 12.7. The first-order chi connectivity index (χ1) is 23.3. The number of allylic oxidation sites excluding steroid dienone is 2. The Hall–Kier alpha value is -4.10. The summed E-state index contributed by atoms with van der Waals surface area (Å²) >= 11 is 0. The number of rotatable bonds is 10. The van der Waals surface area contributed by atoms with Crippen LogP contribution in [0.4, 0.5) is 0 Å². The van der Waals surface area contributed by atoms with Crippen LogP contribution >= 0.6 is 0 Å². The van der Waals surface area contributed by atoms with Gasteiger partial charge in [-0.05, 0) is 98.2 Å². The molecule has 49 heavy (non-hydrogen) atoms. The van der Waals surface area contributed by atoms with E-state index in [9.17, 15) is 24.6 Å². The lowest BCUT2D eigenvalue weighted by molar-refractivity contribution is -0.142. The monoisotopic (exact) mass is 670 g/mol. The highest BCUT2D eigenvalue weighted by molar-refractivity contribution is 5.96. The highest BCUT2D eigenvalue weighted by Crippen LogP contribution is 2.67. The molecule has 1 heterocycles. The number of nitrogens with one attached hydrogen (secondary N) is 3. The molecule has 1 aromatic heterocycles. The number of fused-ring (bicyclic) bond motifs is 6. The molecule has 2 amide bonds. The largest absolute Gasteiger partial charge is 0.480 e. The number of aromatic amines is 1. The molecule has 0 radical (unpaired) electrons. The number of oxime groups is 1. The van der Waals surface area contributed by atoms with Gasteiger partial charge in [0.2, 0.25) is 5.91 Å². The van der Waals surface area contributed by atoms with Crippen molar-refractivity contribution < 1.29 is 29.4 Å². The number of hydrogen-bond acceptors (Lipinski definition) is 6. The molecule has 3 fully saturated rings. The first kappa shape index (κ1) is 34.8. The van der Waals surface area contributed by atoms with E-state index >= 15 is 0 Å². The number of terminal acetylenes is 1. The molecule has 0 saturated heterocycles. The zero-order valence-electron chi connectivity index (χ0n) is 29.1. The average molecular weight is 671 g/mol. The Kier molecular flexibility index (Phi) is 9.44. The molecule has 10 heteroatoms. The lowest BCUT2D eigenvalue weighted by Gasteiger charge is -2.58. The molecule has 6 rings (SSSR count). The van der Waals surface area contributed by atoms with Crippen LogP contribution in [-0.4, -0.2) is 63.0 Å². The Morgan fingerprint density at radius 2 is 1.84 bits per heavy atom. The highest BCUT2D eigenvalue weighted by atomic mass is 16.6. The summed E-state index contributed by atoms with van der Waals surface area (Å²) in [6.07, 6.45) is 17.3. The number of aromatic nitrogens is 1. The number of H-pyrrole nitrogens is 1. The normalized spacial score (nSPS) is 32.6. The van der Waals surface area contributed by atoms with Crippen LogP contribution < -0.4 is 10.6 Å². The summed E-state index contributed by atoms with van der Waals surface area (Å²) in [5.74, 6) is 1.76. The first-order valence-electron chi connectivity index (χ1n) is 17.8. The van der Waals surface area contributed by atoms with E-state index in [1.807, 2.05) is 24.3 Å². The molecule has 8 atom stereocenters. The van der Waals surface area contributed by atoms with Crippen molar-refractivity contribution in [2.75, 3.05) is 6.61 Å². The average Bonchev–Trinajstić information content (AvgIpc) is 3.60. The van der Waals surface area contributed by atoms with Gasteiger partial charge in [0.1, 0.15) is 17.7 Å². The number of aliphatic carboxylic acids is 1. The summed E-state index contributed by atoms with van der Waals surface area (Å²) in [5, 5.41) is 31.7. The van der Waals surface area contributed by atoms with Crippen LogP contribution in [0.2, 0.25) is 0 Å². The van der Waals surface area contributed by atoms with E-state index in [0.717, 1.165) is 67.1 Å². The zero-order chi connectivity index (χ0) is 35.1. The third kappa shape index (κ3) is 6.27. The van der Waals surface area contributed by atoms with Crippen LogP contribution in [-0.2, 0) is 25.6 Å².